The Morgan fingerprint density at radius 2 is 2.19 bits per heavy atom. The smallest absolute Gasteiger partial charge is 0.261 e. The Labute approximate surface area is 127 Å². The molecule has 1 aliphatic rings. The van der Waals surface area contributed by atoms with E-state index in [-0.39, 0.29) is 18.1 Å². The van der Waals surface area contributed by atoms with Crippen molar-refractivity contribution in [3.05, 3.63) is 29.8 Å². The molecule has 2 unspecified atom stereocenters. The van der Waals surface area contributed by atoms with Gasteiger partial charge in [-0.15, -0.1) is 0 Å². The van der Waals surface area contributed by atoms with Gasteiger partial charge in [0.2, 0.25) is 0 Å². The summed E-state index contributed by atoms with van der Waals surface area (Å²) in [4.78, 5) is 12.0. The van der Waals surface area contributed by atoms with Gasteiger partial charge in [-0.1, -0.05) is 25.1 Å². The van der Waals surface area contributed by atoms with Gasteiger partial charge in [0.1, 0.15) is 5.75 Å². The van der Waals surface area contributed by atoms with Crippen LogP contribution in [-0.2, 0) is 4.79 Å². The van der Waals surface area contributed by atoms with Crippen molar-refractivity contribution in [3.63, 3.8) is 0 Å². The van der Waals surface area contributed by atoms with E-state index >= 15 is 0 Å². The SMILES string of the molecule is CCCNC(C)c1ccccc1OC1CCCCNC1=O. The van der Waals surface area contributed by atoms with E-state index in [1.165, 1.54) is 0 Å². The zero-order chi connectivity index (χ0) is 15.1. The topological polar surface area (TPSA) is 50.4 Å². The van der Waals surface area contributed by atoms with Crippen LogP contribution in [0.15, 0.2) is 24.3 Å². The van der Waals surface area contributed by atoms with E-state index in [9.17, 15) is 4.79 Å². The molecule has 2 atom stereocenters. The minimum Gasteiger partial charge on any atom is -0.480 e. The van der Waals surface area contributed by atoms with Gasteiger partial charge >= 0.3 is 0 Å². The molecule has 0 aliphatic carbocycles. The maximum Gasteiger partial charge on any atom is 0.261 e. The molecule has 1 heterocycles. The lowest BCUT2D eigenvalue weighted by atomic mass is 10.1. The molecule has 1 aromatic carbocycles. The fourth-order valence-corrected chi connectivity index (χ4v) is 2.59. The second kappa shape index (κ2) is 8.03. The lowest BCUT2D eigenvalue weighted by molar-refractivity contribution is -0.127. The monoisotopic (exact) mass is 290 g/mol. The van der Waals surface area contributed by atoms with Gasteiger partial charge in [-0.2, -0.15) is 0 Å². The number of rotatable bonds is 6. The molecule has 4 nitrogen and oxygen atoms in total. The van der Waals surface area contributed by atoms with Crippen molar-refractivity contribution in [1.29, 1.82) is 0 Å². The van der Waals surface area contributed by atoms with Gasteiger partial charge in [-0.3, -0.25) is 4.79 Å². The molecule has 116 valence electrons. The number of ether oxygens (including phenoxy) is 1. The summed E-state index contributed by atoms with van der Waals surface area (Å²) in [5.41, 5.74) is 1.11. The standard InChI is InChI=1S/C17H26N2O2/c1-3-11-18-13(2)14-8-4-5-9-15(14)21-16-10-6-7-12-19-17(16)20/h4-5,8-9,13,16,18H,3,6-7,10-12H2,1-2H3,(H,19,20). The zero-order valence-corrected chi connectivity index (χ0v) is 13.0. The van der Waals surface area contributed by atoms with Gasteiger partial charge in [-0.05, 0) is 45.2 Å². The predicted molar refractivity (Wildman–Crippen MR) is 84.4 cm³/mol. The summed E-state index contributed by atoms with van der Waals surface area (Å²) in [6, 6.07) is 8.21. The van der Waals surface area contributed by atoms with Crippen molar-refractivity contribution in [2.24, 2.45) is 0 Å². The number of para-hydroxylation sites is 1. The highest BCUT2D eigenvalue weighted by molar-refractivity contribution is 5.81. The molecule has 1 amide bonds. The summed E-state index contributed by atoms with van der Waals surface area (Å²) >= 11 is 0. The first-order valence-electron chi connectivity index (χ1n) is 7.99. The second-order valence-electron chi connectivity index (χ2n) is 5.61. The van der Waals surface area contributed by atoms with Crippen LogP contribution in [0.5, 0.6) is 5.75 Å². The highest BCUT2D eigenvalue weighted by Gasteiger charge is 2.23. The van der Waals surface area contributed by atoms with Crippen molar-refractivity contribution >= 4 is 5.91 Å². The second-order valence-corrected chi connectivity index (χ2v) is 5.61. The van der Waals surface area contributed by atoms with Gasteiger partial charge in [-0.25, -0.2) is 0 Å². The number of benzene rings is 1. The van der Waals surface area contributed by atoms with Crippen LogP contribution in [0.2, 0.25) is 0 Å². The van der Waals surface area contributed by atoms with E-state index in [2.05, 4.69) is 30.5 Å². The zero-order valence-electron chi connectivity index (χ0n) is 13.0. The third kappa shape index (κ3) is 4.46. The van der Waals surface area contributed by atoms with Crippen molar-refractivity contribution in [3.8, 4) is 5.75 Å². The Bertz CT molecular complexity index is 462. The largest absolute Gasteiger partial charge is 0.480 e. The highest BCUT2D eigenvalue weighted by atomic mass is 16.5. The molecular formula is C17H26N2O2. The van der Waals surface area contributed by atoms with Gasteiger partial charge in [0.15, 0.2) is 6.10 Å². The molecule has 21 heavy (non-hydrogen) atoms. The number of carbonyl (C=O) groups excluding carboxylic acids is 1. The number of nitrogens with one attached hydrogen (secondary N) is 2. The predicted octanol–water partition coefficient (Wildman–Crippen LogP) is 2.79. The van der Waals surface area contributed by atoms with Crippen LogP contribution in [0.1, 0.15) is 51.1 Å². The number of amides is 1. The lowest BCUT2D eigenvalue weighted by Crippen LogP contribution is -2.36. The van der Waals surface area contributed by atoms with E-state index in [1.54, 1.807) is 0 Å². The number of hydrogen-bond acceptors (Lipinski definition) is 3. The summed E-state index contributed by atoms with van der Waals surface area (Å²) in [5, 5.41) is 6.39. The van der Waals surface area contributed by atoms with Crippen molar-refractivity contribution < 1.29 is 9.53 Å². The highest BCUT2D eigenvalue weighted by Crippen LogP contribution is 2.27. The fraction of sp³-hybridized carbons (Fsp3) is 0.588. The van der Waals surface area contributed by atoms with E-state index in [1.807, 2.05) is 18.2 Å². The average molecular weight is 290 g/mol. The lowest BCUT2D eigenvalue weighted by Gasteiger charge is -2.21. The summed E-state index contributed by atoms with van der Waals surface area (Å²) in [7, 11) is 0. The molecule has 1 fully saturated rings. The molecule has 4 heteroatoms. The maximum atomic E-state index is 12.0. The first kappa shape index (κ1) is 15.8. The normalized spacial score (nSPS) is 20.5. The average Bonchev–Trinajstić information content (AvgIpc) is 2.70. The van der Waals surface area contributed by atoms with E-state index in [0.29, 0.717) is 0 Å². The molecule has 0 aromatic heterocycles. The minimum absolute atomic E-state index is 0.0106. The summed E-state index contributed by atoms with van der Waals surface area (Å²) in [6.45, 7) is 6.01. The Morgan fingerprint density at radius 1 is 1.38 bits per heavy atom. The summed E-state index contributed by atoms with van der Waals surface area (Å²) in [5.74, 6) is 0.826. The van der Waals surface area contributed by atoms with Gasteiger partial charge in [0.25, 0.3) is 5.91 Å². The van der Waals surface area contributed by atoms with Gasteiger partial charge in [0, 0.05) is 18.2 Å². The van der Waals surface area contributed by atoms with Crippen molar-refractivity contribution in [1.82, 2.24) is 10.6 Å². The molecule has 0 spiro atoms. The summed E-state index contributed by atoms with van der Waals surface area (Å²) in [6.07, 6.45) is 3.57. The van der Waals surface area contributed by atoms with E-state index < -0.39 is 0 Å². The molecule has 1 aliphatic heterocycles. The van der Waals surface area contributed by atoms with Gasteiger partial charge < -0.3 is 15.4 Å². The number of carbonyl (C=O) groups is 1. The molecule has 1 saturated heterocycles. The Hall–Kier alpha value is -1.55. The van der Waals surface area contributed by atoms with Crippen LogP contribution < -0.4 is 15.4 Å². The third-order valence-corrected chi connectivity index (χ3v) is 3.84. The van der Waals surface area contributed by atoms with Crippen LogP contribution >= 0.6 is 0 Å². The first-order valence-corrected chi connectivity index (χ1v) is 7.99. The quantitative estimate of drug-likeness (QED) is 0.847. The van der Waals surface area contributed by atoms with Crippen molar-refractivity contribution in [2.45, 2.75) is 51.7 Å². The Balaban J connectivity index is 2.10. The van der Waals surface area contributed by atoms with E-state index in [0.717, 1.165) is 50.1 Å². The molecule has 0 bridgehead atoms. The third-order valence-electron chi connectivity index (χ3n) is 3.84. The van der Waals surface area contributed by atoms with Crippen LogP contribution in [0, 0.1) is 0 Å². The fourth-order valence-electron chi connectivity index (χ4n) is 2.59. The number of hydrogen-bond donors (Lipinski definition) is 2. The molecule has 0 radical (unpaired) electrons. The molecule has 2 rings (SSSR count). The van der Waals surface area contributed by atoms with Crippen LogP contribution in [-0.4, -0.2) is 25.1 Å². The molecule has 1 aromatic rings. The van der Waals surface area contributed by atoms with Gasteiger partial charge in [0.05, 0.1) is 0 Å². The summed E-state index contributed by atoms with van der Waals surface area (Å²) < 4.78 is 6.03. The molecule has 2 N–H and O–H groups in total. The van der Waals surface area contributed by atoms with E-state index in [4.69, 9.17) is 4.74 Å². The van der Waals surface area contributed by atoms with Crippen LogP contribution in [0.25, 0.3) is 0 Å². The molecule has 0 saturated carbocycles. The first-order chi connectivity index (χ1) is 10.2. The maximum absolute atomic E-state index is 12.0. The van der Waals surface area contributed by atoms with Crippen LogP contribution in [0.4, 0.5) is 0 Å². The van der Waals surface area contributed by atoms with Crippen LogP contribution in [0.3, 0.4) is 0 Å². The Kier molecular flexibility index (Phi) is 6.05. The minimum atomic E-state index is -0.368. The Morgan fingerprint density at radius 3 is 3.00 bits per heavy atom. The molecular weight excluding hydrogens is 264 g/mol. The van der Waals surface area contributed by atoms with Crippen molar-refractivity contribution in [2.75, 3.05) is 13.1 Å².